The van der Waals surface area contributed by atoms with Gasteiger partial charge in [-0.05, 0) is 6.92 Å². The van der Waals surface area contributed by atoms with Crippen LogP contribution in [0.5, 0.6) is 0 Å². The first-order valence-corrected chi connectivity index (χ1v) is 9.74. The summed E-state index contributed by atoms with van der Waals surface area (Å²) >= 11 is 0. The zero-order chi connectivity index (χ0) is 20.3. The summed E-state index contributed by atoms with van der Waals surface area (Å²) in [6.07, 6.45) is 1.46. The monoisotopic (exact) mass is 386 g/mol. The average Bonchev–Trinajstić information content (AvgIpc) is 2.66. The fourth-order valence-corrected chi connectivity index (χ4v) is 2.33. The van der Waals surface area contributed by atoms with Crippen molar-refractivity contribution < 1.29 is 14.4 Å². The van der Waals surface area contributed by atoms with Crippen LogP contribution in [0.1, 0.15) is 26.2 Å². The van der Waals surface area contributed by atoms with Crippen LogP contribution >= 0.6 is 0 Å². The van der Waals surface area contributed by atoms with Crippen molar-refractivity contribution in [2.75, 3.05) is 73.0 Å². The van der Waals surface area contributed by atoms with Crippen molar-refractivity contribution in [1.82, 2.24) is 31.5 Å². The maximum absolute atomic E-state index is 11.4. The number of ketones is 1. The summed E-state index contributed by atoms with van der Waals surface area (Å²) in [5, 5.41) is 15.1. The first-order valence-electron chi connectivity index (χ1n) is 9.74. The highest BCUT2D eigenvalue weighted by atomic mass is 16.2. The van der Waals surface area contributed by atoms with Gasteiger partial charge >= 0.3 is 0 Å². The molecule has 0 aromatic rings. The Morgan fingerprint density at radius 1 is 0.630 bits per heavy atom. The van der Waals surface area contributed by atoms with Gasteiger partial charge in [-0.15, -0.1) is 0 Å². The summed E-state index contributed by atoms with van der Waals surface area (Å²) < 4.78 is 0. The Bertz CT molecular complexity index is 420. The molecule has 0 aromatic carbocycles. The minimum atomic E-state index is 0.0175. The van der Waals surface area contributed by atoms with Crippen LogP contribution in [-0.2, 0) is 14.4 Å². The van der Waals surface area contributed by atoms with Crippen LogP contribution in [0.2, 0.25) is 0 Å². The predicted octanol–water partition coefficient (Wildman–Crippen LogP) is -1.69. The van der Waals surface area contributed by atoms with E-state index < -0.39 is 0 Å². The van der Waals surface area contributed by atoms with E-state index in [0.29, 0.717) is 38.9 Å². The van der Waals surface area contributed by atoms with Crippen molar-refractivity contribution in [3.63, 3.8) is 0 Å². The van der Waals surface area contributed by atoms with Gasteiger partial charge in [0.25, 0.3) is 0 Å². The minimum absolute atomic E-state index is 0.0175. The molecule has 0 rings (SSSR count). The number of rotatable bonds is 18. The molecule has 0 aromatic heterocycles. The quantitative estimate of drug-likeness (QED) is 0.179. The molecule has 158 valence electrons. The third-order valence-electron chi connectivity index (χ3n) is 4.08. The lowest BCUT2D eigenvalue weighted by Crippen LogP contribution is -2.38. The molecule has 0 spiro atoms. The summed E-state index contributed by atoms with van der Waals surface area (Å²) in [7, 11) is 3.27. The van der Waals surface area contributed by atoms with Gasteiger partial charge in [-0.1, -0.05) is 0 Å². The lowest BCUT2D eigenvalue weighted by molar-refractivity contribution is -0.121. The number of Topliss-reactive ketones (excluding diaryl/α,β-unsaturated/α-hetero) is 1. The van der Waals surface area contributed by atoms with Crippen molar-refractivity contribution in [3.05, 3.63) is 0 Å². The third-order valence-corrected chi connectivity index (χ3v) is 4.08. The number of hydrogen-bond donors (Lipinski definition) is 5. The molecule has 9 heteroatoms. The Kier molecular flexibility index (Phi) is 16.8. The molecule has 0 saturated carbocycles. The van der Waals surface area contributed by atoms with Crippen molar-refractivity contribution in [3.8, 4) is 0 Å². The summed E-state index contributed by atoms with van der Waals surface area (Å²) in [4.78, 5) is 35.8. The van der Waals surface area contributed by atoms with Gasteiger partial charge < -0.3 is 31.5 Å². The van der Waals surface area contributed by atoms with Gasteiger partial charge in [0.05, 0.1) is 0 Å². The molecule has 5 N–H and O–H groups in total. The minimum Gasteiger partial charge on any atom is -0.359 e. The molecule has 0 saturated heterocycles. The highest BCUT2D eigenvalue weighted by molar-refractivity contribution is 5.76. The van der Waals surface area contributed by atoms with Crippen molar-refractivity contribution in [2.45, 2.75) is 26.2 Å². The molecular formula is C18H38N6O3. The van der Waals surface area contributed by atoms with Crippen LogP contribution in [0.4, 0.5) is 0 Å². The average molecular weight is 387 g/mol. The molecular weight excluding hydrogens is 348 g/mol. The molecule has 9 nitrogen and oxygen atoms in total. The number of nitrogens with zero attached hydrogens (tertiary/aromatic N) is 1. The van der Waals surface area contributed by atoms with Gasteiger partial charge in [0.2, 0.25) is 11.8 Å². The Morgan fingerprint density at radius 3 is 1.67 bits per heavy atom. The van der Waals surface area contributed by atoms with E-state index in [0.717, 1.165) is 39.3 Å². The molecule has 0 unspecified atom stereocenters. The predicted molar refractivity (Wildman–Crippen MR) is 108 cm³/mol. The fraction of sp³-hybridized carbons (Fsp3) is 0.833. The van der Waals surface area contributed by atoms with E-state index in [4.69, 9.17) is 0 Å². The van der Waals surface area contributed by atoms with Crippen LogP contribution in [-0.4, -0.2) is 95.5 Å². The smallest absolute Gasteiger partial charge is 0.221 e. The Morgan fingerprint density at radius 2 is 1.11 bits per heavy atom. The standard InChI is InChI=1S/C18H38N6O3/c1-16(25)5-13-24(14-6-18(27)20-3)15-12-23-11-10-22-9-8-21-7-4-17(26)19-2/h21-23H,4-15H2,1-3H3,(H,19,26)(H,20,27). The van der Waals surface area contributed by atoms with E-state index in [-0.39, 0.29) is 17.6 Å². The van der Waals surface area contributed by atoms with Crippen LogP contribution in [0.15, 0.2) is 0 Å². The van der Waals surface area contributed by atoms with E-state index in [1.807, 2.05) is 0 Å². The number of carbonyl (C=O) groups excluding carboxylic acids is 3. The van der Waals surface area contributed by atoms with E-state index >= 15 is 0 Å². The fourth-order valence-electron chi connectivity index (χ4n) is 2.33. The lowest BCUT2D eigenvalue weighted by atomic mass is 10.2. The molecule has 0 radical (unpaired) electrons. The van der Waals surface area contributed by atoms with E-state index in [1.165, 1.54) is 0 Å². The van der Waals surface area contributed by atoms with E-state index in [9.17, 15) is 14.4 Å². The Labute approximate surface area is 163 Å². The topological polar surface area (TPSA) is 115 Å². The summed E-state index contributed by atoms with van der Waals surface area (Å²) in [6.45, 7) is 8.66. The van der Waals surface area contributed by atoms with Gasteiger partial charge in [0.15, 0.2) is 0 Å². The Hall–Kier alpha value is -1.55. The SMILES string of the molecule is CNC(=O)CCNCCNCCNCCN(CCC(C)=O)CCC(=O)NC. The molecule has 0 aliphatic carbocycles. The van der Waals surface area contributed by atoms with Crippen LogP contribution in [0.3, 0.4) is 0 Å². The van der Waals surface area contributed by atoms with Crippen molar-refractivity contribution in [1.29, 1.82) is 0 Å². The van der Waals surface area contributed by atoms with Crippen LogP contribution in [0, 0.1) is 0 Å². The van der Waals surface area contributed by atoms with Gasteiger partial charge in [-0.2, -0.15) is 0 Å². The van der Waals surface area contributed by atoms with Crippen molar-refractivity contribution >= 4 is 17.6 Å². The number of amides is 2. The van der Waals surface area contributed by atoms with Gasteiger partial charge in [0, 0.05) is 92.3 Å². The lowest BCUT2D eigenvalue weighted by Gasteiger charge is -2.21. The second-order valence-corrected chi connectivity index (χ2v) is 6.39. The normalized spacial score (nSPS) is 10.8. The van der Waals surface area contributed by atoms with Gasteiger partial charge in [0.1, 0.15) is 5.78 Å². The van der Waals surface area contributed by atoms with Crippen LogP contribution < -0.4 is 26.6 Å². The summed E-state index contributed by atoms with van der Waals surface area (Å²) in [6, 6.07) is 0. The Balaban J connectivity index is 3.64. The maximum Gasteiger partial charge on any atom is 0.221 e. The molecule has 0 atom stereocenters. The largest absolute Gasteiger partial charge is 0.359 e. The molecule has 27 heavy (non-hydrogen) atoms. The second-order valence-electron chi connectivity index (χ2n) is 6.39. The molecule has 0 heterocycles. The number of nitrogens with one attached hydrogen (secondary N) is 5. The third kappa shape index (κ3) is 17.6. The number of hydrogen-bond acceptors (Lipinski definition) is 7. The van der Waals surface area contributed by atoms with Gasteiger partial charge in [-0.25, -0.2) is 0 Å². The molecule has 0 bridgehead atoms. The van der Waals surface area contributed by atoms with E-state index in [1.54, 1.807) is 21.0 Å². The zero-order valence-electron chi connectivity index (χ0n) is 17.2. The van der Waals surface area contributed by atoms with Crippen LogP contribution in [0.25, 0.3) is 0 Å². The highest BCUT2D eigenvalue weighted by Crippen LogP contribution is 1.95. The number of carbonyl (C=O) groups is 3. The van der Waals surface area contributed by atoms with Crippen molar-refractivity contribution in [2.24, 2.45) is 0 Å². The molecule has 2 amide bonds. The first kappa shape index (κ1) is 25.4. The summed E-state index contributed by atoms with van der Waals surface area (Å²) in [5.74, 6) is 0.234. The maximum atomic E-state index is 11.4. The first-order chi connectivity index (χ1) is 13.0. The summed E-state index contributed by atoms with van der Waals surface area (Å²) in [5.41, 5.74) is 0. The molecule has 0 aliphatic heterocycles. The molecule has 0 aliphatic rings. The highest BCUT2D eigenvalue weighted by Gasteiger charge is 2.08. The zero-order valence-corrected chi connectivity index (χ0v) is 17.2. The van der Waals surface area contributed by atoms with E-state index in [2.05, 4.69) is 31.5 Å². The second kappa shape index (κ2) is 17.8. The van der Waals surface area contributed by atoms with Gasteiger partial charge in [-0.3, -0.25) is 14.4 Å². The molecule has 0 fully saturated rings.